The number of carbonyl (C=O) groups excluding carboxylic acids is 1. The van der Waals surface area contributed by atoms with Gasteiger partial charge >= 0.3 is 0 Å². The Labute approximate surface area is 137 Å². The molecule has 2 aromatic rings. The zero-order valence-corrected chi connectivity index (χ0v) is 13.7. The summed E-state index contributed by atoms with van der Waals surface area (Å²) in [7, 11) is 0. The zero-order chi connectivity index (χ0) is 16.1. The van der Waals surface area contributed by atoms with Crippen LogP contribution in [-0.2, 0) is 17.8 Å². The Morgan fingerprint density at radius 1 is 1.30 bits per heavy atom. The van der Waals surface area contributed by atoms with Gasteiger partial charge in [-0.3, -0.25) is 14.5 Å². The highest BCUT2D eigenvalue weighted by Gasteiger charge is 2.26. The molecule has 3 heterocycles. The van der Waals surface area contributed by atoms with E-state index in [0.717, 1.165) is 37.9 Å². The highest BCUT2D eigenvalue weighted by molar-refractivity contribution is 5.76. The average molecular weight is 312 g/mol. The monoisotopic (exact) mass is 312 g/mol. The number of nitrogens with zero attached hydrogens (tertiary/aromatic N) is 4. The third kappa shape index (κ3) is 4.18. The molecule has 1 aliphatic rings. The number of amides is 1. The molecule has 0 bridgehead atoms. The molecule has 1 aliphatic heterocycles. The third-order valence-electron chi connectivity index (χ3n) is 4.48. The summed E-state index contributed by atoms with van der Waals surface area (Å²) in [4.78, 5) is 18.7. The second-order valence-corrected chi connectivity index (χ2v) is 6.33. The van der Waals surface area contributed by atoms with E-state index in [1.807, 2.05) is 36.1 Å². The lowest BCUT2D eigenvalue weighted by atomic mass is 10.0. The van der Waals surface area contributed by atoms with Gasteiger partial charge in [0.1, 0.15) is 0 Å². The Morgan fingerprint density at radius 2 is 2.13 bits per heavy atom. The summed E-state index contributed by atoms with van der Waals surface area (Å²) in [6.45, 7) is 3.72. The molecule has 0 N–H and O–H groups in total. The summed E-state index contributed by atoms with van der Waals surface area (Å²) in [5.74, 6) is 0.260. The van der Waals surface area contributed by atoms with Crippen molar-refractivity contribution in [3.63, 3.8) is 0 Å². The SMILES string of the molecule is Cc1cnn(C[C@@H]2CCCCN2C(=O)CCc2ccncc2)c1. The van der Waals surface area contributed by atoms with Crippen LogP contribution in [-0.4, -0.2) is 38.2 Å². The Kier molecular flexibility index (Phi) is 5.05. The number of carbonyl (C=O) groups is 1. The first-order chi connectivity index (χ1) is 11.2. The normalized spacial score (nSPS) is 18.1. The van der Waals surface area contributed by atoms with Crippen molar-refractivity contribution < 1.29 is 4.79 Å². The van der Waals surface area contributed by atoms with Crippen LogP contribution in [0, 0.1) is 6.92 Å². The molecule has 0 saturated carbocycles. The van der Waals surface area contributed by atoms with Crippen LogP contribution in [0.1, 0.15) is 36.8 Å². The number of pyridine rings is 1. The van der Waals surface area contributed by atoms with Gasteiger partial charge < -0.3 is 4.90 Å². The summed E-state index contributed by atoms with van der Waals surface area (Å²) in [5, 5.41) is 4.37. The lowest BCUT2D eigenvalue weighted by Gasteiger charge is -2.36. The molecule has 5 nitrogen and oxygen atoms in total. The van der Waals surface area contributed by atoms with Crippen LogP contribution in [0.15, 0.2) is 36.9 Å². The number of aromatic nitrogens is 3. The summed E-state index contributed by atoms with van der Waals surface area (Å²) in [5.41, 5.74) is 2.33. The Balaban J connectivity index is 1.60. The van der Waals surface area contributed by atoms with Gasteiger partial charge in [0.2, 0.25) is 5.91 Å². The van der Waals surface area contributed by atoms with Gasteiger partial charge in [-0.15, -0.1) is 0 Å². The minimum Gasteiger partial charge on any atom is -0.338 e. The van der Waals surface area contributed by atoms with Crippen LogP contribution >= 0.6 is 0 Å². The molecule has 3 rings (SSSR count). The van der Waals surface area contributed by atoms with E-state index in [0.29, 0.717) is 6.42 Å². The molecule has 0 radical (unpaired) electrons. The van der Waals surface area contributed by atoms with Crippen molar-refractivity contribution in [2.45, 2.75) is 51.6 Å². The Hall–Kier alpha value is -2.17. The first-order valence-corrected chi connectivity index (χ1v) is 8.40. The minimum absolute atomic E-state index is 0.260. The van der Waals surface area contributed by atoms with E-state index in [1.165, 1.54) is 12.0 Å². The van der Waals surface area contributed by atoms with Crippen LogP contribution in [0.25, 0.3) is 0 Å². The molecule has 0 aromatic carbocycles. The van der Waals surface area contributed by atoms with Gasteiger partial charge in [-0.25, -0.2) is 0 Å². The number of piperidine rings is 1. The minimum atomic E-state index is 0.260. The van der Waals surface area contributed by atoms with Crippen molar-refractivity contribution in [3.8, 4) is 0 Å². The van der Waals surface area contributed by atoms with Crippen LogP contribution in [0.4, 0.5) is 0 Å². The maximum Gasteiger partial charge on any atom is 0.223 e. The van der Waals surface area contributed by atoms with Gasteiger partial charge in [0.15, 0.2) is 0 Å². The van der Waals surface area contributed by atoms with Gasteiger partial charge in [-0.05, 0) is 55.9 Å². The molecule has 1 fully saturated rings. The van der Waals surface area contributed by atoms with Crippen molar-refractivity contribution in [2.75, 3.05) is 6.54 Å². The largest absolute Gasteiger partial charge is 0.338 e. The molecular formula is C18H24N4O. The second-order valence-electron chi connectivity index (χ2n) is 6.33. The zero-order valence-electron chi connectivity index (χ0n) is 13.7. The maximum atomic E-state index is 12.7. The number of rotatable bonds is 5. The number of hydrogen-bond donors (Lipinski definition) is 0. The first-order valence-electron chi connectivity index (χ1n) is 8.40. The molecule has 0 spiro atoms. The van der Waals surface area contributed by atoms with Crippen LogP contribution in [0.3, 0.4) is 0 Å². The fourth-order valence-corrected chi connectivity index (χ4v) is 3.25. The predicted molar refractivity (Wildman–Crippen MR) is 88.9 cm³/mol. The molecule has 0 unspecified atom stereocenters. The second kappa shape index (κ2) is 7.40. The van der Waals surface area contributed by atoms with Crippen LogP contribution in [0.5, 0.6) is 0 Å². The third-order valence-corrected chi connectivity index (χ3v) is 4.48. The highest BCUT2D eigenvalue weighted by atomic mass is 16.2. The molecule has 5 heteroatoms. The quantitative estimate of drug-likeness (QED) is 0.853. The van der Waals surface area contributed by atoms with Crippen molar-refractivity contribution in [1.29, 1.82) is 0 Å². The molecular weight excluding hydrogens is 288 g/mol. The molecule has 1 amide bonds. The average Bonchev–Trinajstić information content (AvgIpc) is 2.99. The fraction of sp³-hybridized carbons (Fsp3) is 0.500. The van der Waals surface area contributed by atoms with Crippen molar-refractivity contribution >= 4 is 5.91 Å². The van der Waals surface area contributed by atoms with Gasteiger partial charge in [-0.2, -0.15) is 5.10 Å². The number of likely N-dealkylation sites (tertiary alicyclic amines) is 1. The molecule has 0 aliphatic carbocycles. The van der Waals surface area contributed by atoms with Gasteiger partial charge in [0.05, 0.1) is 18.8 Å². The molecule has 122 valence electrons. The number of aryl methyl sites for hydroxylation is 2. The molecule has 1 atom stereocenters. The van der Waals surface area contributed by atoms with Crippen molar-refractivity contribution in [1.82, 2.24) is 19.7 Å². The van der Waals surface area contributed by atoms with E-state index < -0.39 is 0 Å². The van der Waals surface area contributed by atoms with E-state index in [2.05, 4.69) is 15.0 Å². The Morgan fingerprint density at radius 3 is 2.87 bits per heavy atom. The smallest absolute Gasteiger partial charge is 0.223 e. The fourth-order valence-electron chi connectivity index (χ4n) is 3.25. The Bertz CT molecular complexity index is 637. The summed E-state index contributed by atoms with van der Waals surface area (Å²) < 4.78 is 1.97. The summed E-state index contributed by atoms with van der Waals surface area (Å²) in [6.07, 6.45) is 12.2. The van der Waals surface area contributed by atoms with Crippen LogP contribution < -0.4 is 0 Å². The molecule has 1 saturated heterocycles. The lowest BCUT2D eigenvalue weighted by molar-refractivity contribution is -0.135. The highest BCUT2D eigenvalue weighted by Crippen LogP contribution is 2.20. The standard InChI is InChI=1S/C18H24N4O/c1-15-12-20-21(13-15)14-17-4-2-3-11-22(17)18(23)6-5-16-7-9-19-10-8-16/h7-10,12-13,17H,2-6,11,14H2,1H3/t17-/m0/s1. The van der Waals surface area contributed by atoms with E-state index in [4.69, 9.17) is 0 Å². The summed E-state index contributed by atoms with van der Waals surface area (Å²) >= 11 is 0. The van der Waals surface area contributed by atoms with Gasteiger partial charge in [0.25, 0.3) is 0 Å². The molecule has 2 aromatic heterocycles. The molecule has 23 heavy (non-hydrogen) atoms. The van der Waals surface area contributed by atoms with Crippen LogP contribution in [0.2, 0.25) is 0 Å². The predicted octanol–water partition coefficient (Wildman–Crippen LogP) is 2.60. The summed E-state index contributed by atoms with van der Waals surface area (Å²) in [6, 6.07) is 4.23. The van der Waals surface area contributed by atoms with Gasteiger partial charge in [0, 0.05) is 31.6 Å². The first kappa shape index (κ1) is 15.7. The number of hydrogen-bond acceptors (Lipinski definition) is 3. The van der Waals surface area contributed by atoms with E-state index in [9.17, 15) is 4.79 Å². The lowest BCUT2D eigenvalue weighted by Crippen LogP contribution is -2.46. The van der Waals surface area contributed by atoms with E-state index in [1.54, 1.807) is 12.4 Å². The van der Waals surface area contributed by atoms with Gasteiger partial charge in [-0.1, -0.05) is 0 Å². The van der Waals surface area contributed by atoms with Crippen molar-refractivity contribution in [2.24, 2.45) is 0 Å². The van der Waals surface area contributed by atoms with E-state index in [-0.39, 0.29) is 11.9 Å². The van der Waals surface area contributed by atoms with E-state index >= 15 is 0 Å². The maximum absolute atomic E-state index is 12.7. The van der Waals surface area contributed by atoms with Crippen molar-refractivity contribution in [3.05, 3.63) is 48.0 Å². The topological polar surface area (TPSA) is 51.0 Å².